The Morgan fingerprint density at radius 1 is 1.00 bits per heavy atom. The highest BCUT2D eigenvalue weighted by Gasteiger charge is 2.39. The molecule has 0 spiro atoms. The van der Waals surface area contributed by atoms with Gasteiger partial charge in [-0.25, -0.2) is 9.78 Å². The zero-order chi connectivity index (χ0) is 30.1. The smallest absolute Gasteiger partial charge is 0.319 e. The molecule has 8 nitrogen and oxygen atoms in total. The van der Waals surface area contributed by atoms with Crippen molar-refractivity contribution in [2.75, 3.05) is 31.6 Å². The van der Waals surface area contributed by atoms with Crippen LogP contribution in [-0.2, 0) is 16.1 Å². The van der Waals surface area contributed by atoms with E-state index in [1.165, 1.54) is 5.56 Å². The Morgan fingerprint density at radius 2 is 1.79 bits per heavy atom. The first-order chi connectivity index (χ1) is 20.4. The molecule has 8 heteroatoms. The summed E-state index contributed by atoms with van der Waals surface area (Å²) in [5.74, 6) is -0.0867. The number of rotatable bonds is 8. The predicted octanol–water partition coefficient (Wildman–Crippen LogP) is 7.00. The number of imidazole rings is 1. The van der Waals surface area contributed by atoms with Crippen LogP contribution in [-0.4, -0.2) is 52.5 Å². The molecule has 1 saturated heterocycles. The lowest BCUT2D eigenvalue weighted by Gasteiger charge is -2.38. The Balaban J connectivity index is 0.00000198. The molecule has 4 aromatic rings. The van der Waals surface area contributed by atoms with Gasteiger partial charge in [0.1, 0.15) is 5.65 Å². The number of amides is 2. The van der Waals surface area contributed by atoms with Crippen molar-refractivity contribution in [1.82, 2.24) is 19.6 Å². The van der Waals surface area contributed by atoms with Crippen LogP contribution in [0.2, 0.25) is 0 Å². The Labute approximate surface area is 249 Å². The third-order valence-corrected chi connectivity index (χ3v) is 7.50. The summed E-state index contributed by atoms with van der Waals surface area (Å²) >= 11 is 0. The first-order valence-electron chi connectivity index (χ1n) is 15.0. The van der Waals surface area contributed by atoms with E-state index in [0.29, 0.717) is 13.2 Å². The molecule has 2 aromatic carbocycles. The van der Waals surface area contributed by atoms with Gasteiger partial charge in [0.05, 0.1) is 23.9 Å². The lowest BCUT2D eigenvalue weighted by Crippen LogP contribution is -2.46. The first kappa shape index (κ1) is 30.8. The maximum atomic E-state index is 12.5. The number of urea groups is 1. The van der Waals surface area contributed by atoms with Crippen molar-refractivity contribution in [3.8, 4) is 22.4 Å². The van der Waals surface area contributed by atoms with Crippen molar-refractivity contribution in [3.63, 3.8) is 0 Å². The van der Waals surface area contributed by atoms with Crippen LogP contribution in [0.15, 0.2) is 73.1 Å². The van der Waals surface area contributed by atoms with E-state index in [1.807, 2.05) is 71.3 Å². The second-order valence-corrected chi connectivity index (χ2v) is 10.6. The molecule has 2 amide bonds. The summed E-state index contributed by atoms with van der Waals surface area (Å²) in [6.07, 6.45) is 5.76. The minimum atomic E-state index is -0.436. The number of nitrogens with zero attached hydrogens (tertiary/aromatic N) is 3. The standard InChI is InChI=1S/C32H37N5O3.C2H6/c1-4-33-31(39)35-27-9-6-8-26(18-27)28-20-34-29-19-25(14-17-37(28)29)24-12-10-23(11-13-24)21-36-16-7-15-32(3,22-36)30(38)40-5-2;1-2/h6,8-14,17-20H,4-5,7,15-16,21-22H2,1-3H3,(H2,33,35,39);1-2H3. The molecule has 2 N–H and O–H groups in total. The number of carbonyl (C=O) groups is 2. The molecule has 0 aliphatic carbocycles. The fourth-order valence-electron chi connectivity index (χ4n) is 5.48. The second-order valence-electron chi connectivity index (χ2n) is 10.6. The molecule has 1 aliphatic rings. The normalized spacial score (nSPS) is 16.8. The number of ether oxygens (including phenoxy) is 1. The van der Waals surface area contributed by atoms with Gasteiger partial charge in [0.2, 0.25) is 0 Å². The third kappa shape index (κ3) is 7.18. The SMILES string of the molecule is CC.CCNC(=O)Nc1cccc(-c2cnc3cc(-c4ccc(CN5CCCC(C)(C(=O)OCC)C5)cc4)ccn23)c1. The van der Waals surface area contributed by atoms with Gasteiger partial charge in [0.15, 0.2) is 0 Å². The number of likely N-dealkylation sites (tertiary alicyclic amines) is 1. The van der Waals surface area contributed by atoms with Crippen molar-refractivity contribution in [2.24, 2.45) is 5.41 Å². The predicted molar refractivity (Wildman–Crippen MR) is 169 cm³/mol. The number of benzene rings is 2. The van der Waals surface area contributed by atoms with Gasteiger partial charge in [-0.2, -0.15) is 0 Å². The quantitative estimate of drug-likeness (QED) is 0.223. The van der Waals surface area contributed by atoms with E-state index < -0.39 is 5.41 Å². The number of hydrogen-bond donors (Lipinski definition) is 2. The van der Waals surface area contributed by atoms with E-state index in [2.05, 4.69) is 61.3 Å². The Kier molecular flexibility index (Phi) is 10.4. The van der Waals surface area contributed by atoms with Crippen LogP contribution in [0.4, 0.5) is 10.5 Å². The molecule has 0 saturated carbocycles. The maximum Gasteiger partial charge on any atom is 0.319 e. The van der Waals surface area contributed by atoms with Crippen LogP contribution in [0.3, 0.4) is 0 Å². The average molecular weight is 570 g/mol. The number of nitrogens with one attached hydrogen (secondary N) is 2. The van der Waals surface area contributed by atoms with E-state index in [4.69, 9.17) is 4.74 Å². The third-order valence-electron chi connectivity index (χ3n) is 7.50. The van der Waals surface area contributed by atoms with Gasteiger partial charge in [-0.3, -0.25) is 14.1 Å². The fraction of sp³-hybridized carbons (Fsp3) is 0.382. The van der Waals surface area contributed by atoms with Gasteiger partial charge in [-0.15, -0.1) is 0 Å². The summed E-state index contributed by atoms with van der Waals surface area (Å²) in [7, 11) is 0. The zero-order valence-electron chi connectivity index (χ0n) is 25.4. The van der Waals surface area contributed by atoms with Crippen molar-refractivity contribution in [3.05, 3.63) is 78.6 Å². The topological polar surface area (TPSA) is 88.0 Å². The van der Waals surface area contributed by atoms with Gasteiger partial charge in [0, 0.05) is 37.1 Å². The summed E-state index contributed by atoms with van der Waals surface area (Å²) in [5.41, 5.74) is 6.50. The molecule has 3 heterocycles. The van der Waals surface area contributed by atoms with Crippen LogP contribution in [0, 0.1) is 5.41 Å². The van der Waals surface area contributed by atoms with Crippen molar-refractivity contribution in [2.45, 2.75) is 54.0 Å². The number of pyridine rings is 1. The van der Waals surface area contributed by atoms with E-state index in [0.717, 1.165) is 66.2 Å². The van der Waals surface area contributed by atoms with E-state index in [-0.39, 0.29) is 12.0 Å². The minimum Gasteiger partial charge on any atom is -0.466 e. The number of esters is 1. The summed E-state index contributed by atoms with van der Waals surface area (Å²) in [6, 6.07) is 20.3. The van der Waals surface area contributed by atoms with E-state index in [1.54, 1.807) is 0 Å². The number of fused-ring (bicyclic) bond motifs is 1. The molecule has 2 aromatic heterocycles. The number of piperidine rings is 1. The number of anilines is 1. The Hall–Kier alpha value is -4.17. The van der Waals surface area contributed by atoms with E-state index >= 15 is 0 Å². The molecule has 0 bridgehead atoms. The van der Waals surface area contributed by atoms with Crippen LogP contribution in [0.1, 0.15) is 53.0 Å². The highest BCUT2D eigenvalue weighted by molar-refractivity contribution is 5.90. The molecule has 222 valence electrons. The number of hydrogen-bond acceptors (Lipinski definition) is 5. The molecule has 42 heavy (non-hydrogen) atoms. The summed E-state index contributed by atoms with van der Waals surface area (Å²) in [5, 5.41) is 5.61. The zero-order valence-corrected chi connectivity index (χ0v) is 25.4. The van der Waals surface area contributed by atoms with Crippen molar-refractivity contribution in [1.29, 1.82) is 0 Å². The van der Waals surface area contributed by atoms with Gasteiger partial charge < -0.3 is 15.4 Å². The lowest BCUT2D eigenvalue weighted by molar-refractivity contribution is -0.157. The lowest BCUT2D eigenvalue weighted by atomic mass is 9.82. The van der Waals surface area contributed by atoms with Gasteiger partial charge in [-0.1, -0.05) is 50.2 Å². The molecule has 1 aliphatic heterocycles. The molecule has 1 unspecified atom stereocenters. The monoisotopic (exact) mass is 569 g/mol. The van der Waals surface area contributed by atoms with Crippen LogP contribution in [0.25, 0.3) is 28.0 Å². The van der Waals surface area contributed by atoms with E-state index in [9.17, 15) is 9.59 Å². The van der Waals surface area contributed by atoms with Gasteiger partial charge in [0.25, 0.3) is 0 Å². The molecular formula is C34H43N5O3. The molecule has 1 atom stereocenters. The minimum absolute atomic E-state index is 0.0867. The highest BCUT2D eigenvalue weighted by Crippen LogP contribution is 2.32. The molecule has 5 rings (SSSR count). The maximum absolute atomic E-state index is 12.5. The Bertz CT molecular complexity index is 1500. The van der Waals surface area contributed by atoms with Crippen LogP contribution in [0.5, 0.6) is 0 Å². The highest BCUT2D eigenvalue weighted by atomic mass is 16.5. The van der Waals surface area contributed by atoms with Crippen molar-refractivity contribution < 1.29 is 14.3 Å². The number of aromatic nitrogens is 2. The number of carbonyl (C=O) groups excluding carboxylic acids is 2. The molecule has 1 fully saturated rings. The van der Waals surface area contributed by atoms with Crippen LogP contribution < -0.4 is 10.6 Å². The largest absolute Gasteiger partial charge is 0.466 e. The van der Waals surface area contributed by atoms with Gasteiger partial charge in [-0.05, 0) is 81.1 Å². The average Bonchev–Trinajstić information content (AvgIpc) is 3.42. The molecule has 0 radical (unpaired) electrons. The van der Waals surface area contributed by atoms with Crippen molar-refractivity contribution >= 4 is 23.3 Å². The summed E-state index contributed by atoms with van der Waals surface area (Å²) in [4.78, 5) is 31.4. The first-order valence-corrected chi connectivity index (χ1v) is 15.0. The second kappa shape index (κ2) is 14.1. The summed E-state index contributed by atoms with van der Waals surface area (Å²) in [6.45, 7) is 13.3. The Morgan fingerprint density at radius 3 is 2.52 bits per heavy atom. The molecular weight excluding hydrogens is 526 g/mol. The van der Waals surface area contributed by atoms with Crippen LogP contribution >= 0.6 is 0 Å². The van der Waals surface area contributed by atoms with Gasteiger partial charge >= 0.3 is 12.0 Å². The fourth-order valence-corrected chi connectivity index (χ4v) is 5.48. The summed E-state index contributed by atoms with van der Waals surface area (Å²) < 4.78 is 7.40.